The maximum Gasteiger partial charge on any atom is 0.335 e. The van der Waals surface area contributed by atoms with Crippen LogP contribution in [0.15, 0.2) is 65.6 Å². The molecule has 6 heteroatoms. The Morgan fingerprint density at radius 3 is 2.12 bits per heavy atom. The molecule has 0 aliphatic heterocycles. The zero-order chi connectivity index (χ0) is 18.8. The summed E-state index contributed by atoms with van der Waals surface area (Å²) in [7, 11) is 4.27. The molecular formula is C20H20N2O3S. The summed E-state index contributed by atoms with van der Waals surface area (Å²) in [6.45, 7) is 0. The summed E-state index contributed by atoms with van der Waals surface area (Å²) in [4.78, 5) is 13.7. The molecule has 0 saturated carbocycles. The van der Waals surface area contributed by atoms with E-state index in [-0.39, 0.29) is 5.56 Å². The van der Waals surface area contributed by atoms with Crippen LogP contribution in [0.1, 0.15) is 10.4 Å². The van der Waals surface area contributed by atoms with Crippen LogP contribution in [-0.2, 0) is 11.0 Å². The lowest BCUT2D eigenvalue weighted by Gasteiger charge is -2.21. The fourth-order valence-electron chi connectivity index (χ4n) is 2.86. The van der Waals surface area contributed by atoms with E-state index in [1.54, 1.807) is 23.5 Å². The van der Waals surface area contributed by atoms with Crippen LogP contribution in [0.25, 0.3) is 10.8 Å². The first-order valence-corrected chi connectivity index (χ1v) is 9.19. The molecule has 5 nitrogen and oxygen atoms in total. The molecule has 0 radical (unpaired) electrons. The number of carboxylic acids is 1. The van der Waals surface area contributed by atoms with Crippen molar-refractivity contribution in [1.29, 1.82) is 0 Å². The van der Waals surface area contributed by atoms with Gasteiger partial charge in [-0.3, -0.25) is 4.31 Å². The first-order chi connectivity index (χ1) is 12.4. The van der Waals surface area contributed by atoms with Crippen molar-refractivity contribution in [2.45, 2.75) is 4.90 Å². The van der Waals surface area contributed by atoms with E-state index in [0.29, 0.717) is 5.69 Å². The quantitative estimate of drug-likeness (QED) is 0.745. The highest BCUT2D eigenvalue weighted by Gasteiger charge is 2.16. The molecule has 0 aromatic heterocycles. The van der Waals surface area contributed by atoms with Crippen molar-refractivity contribution in [1.82, 2.24) is 0 Å². The van der Waals surface area contributed by atoms with E-state index in [4.69, 9.17) is 5.11 Å². The second-order valence-corrected chi connectivity index (χ2v) is 7.61. The summed E-state index contributed by atoms with van der Waals surface area (Å²) in [5, 5.41) is 11.0. The molecule has 1 atom stereocenters. The van der Waals surface area contributed by atoms with Crippen molar-refractivity contribution in [2.75, 3.05) is 30.3 Å². The molecule has 3 aromatic carbocycles. The normalized spacial score (nSPS) is 12.0. The Balaban J connectivity index is 2.02. The molecule has 0 aliphatic rings. The molecule has 134 valence electrons. The molecule has 0 fully saturated rings. The molecule has 0 bridgehead atoms. The van der Waals surface area contributed by atoms with Crippen molar-refractivity contribution in [3.8, 4) is 0 Å². The van der Waals surface area contributed by atoms with Crippen molar-refractivity contribution in [2.24, 2.45) is 0 Å². The van der Waals surface area contributed by atoms with Crippen LogP contribution in [0.4, 0.5) is 11.4 Å². The topological polar surface area (TPSA) is 60.9 Å². The average molecular weight is 368 g/mol. The van der Waals surface area contributed by atoms with Crippen LogP contribution < -0.4 is 9.21 Å². The third kappa shape index (κ3) is 3.28. The lowest BCUT2D eigenvalue weighted by molar-refractivity contribution is 0.0697. The highest BCUT2D eigenvalue weighted by Crippen LogP contribution is 2.31. The number of benzene rings is 3. The minimum atomic E-state index is -1.43. The molecule has 1 N–H and O–H groups in total. The molecule has 3 aromatic rings. The minimum Gasteiger partial charge on any atom is -0.478 e. The summed E-state index contributed by atoms with van der Waals surface area (Å²) in [6, 6.07) is 18.1. The maximum absolute atomic E-state index is 13.2. The van der Waals surface area contributed by atoms with E-state index in [1.165, 1.54) is 12.1 Å². The van der Waals surface area contributed by atoms with Gasteiger partial charge in [0.1, 0.15) is 0 Å². The van der Waals surface area contributed by atoms with Crippen LogP contribution in [0, 0.1) is 0 Å². The van der Waals surface area contributed by atoms with Gasteiger partial charge in [-0.2, -0.15) is 0 Å². The molecule has 0 amide bonds. The first-order valence-electron chi connectivity index (χ1n) is 8.08. The third-order valence-corrected chi connectivity index (χ3v) is 5.70. The number of aromatic carboxylic acids is 1. The van der Waals surface area contributed by atoms with Crippen molar-refractivity contribution in [3.63, 3.8) is 0 Å². The predicted molar refractivity (Wildman–Crippen MR) is 106 cm³/mol. The number of hydrogen-bond donors (Lipinski definition) is 1. The summed E-state index contributed by atoms with van der Waals surface area (Å²) in [5.41, 5.74) is 1.96. The molecule has 0 spiro atoms. The van der Waals surface area contributed by atoms with Gasteiger partial charge in [0.2, 0.25) is 0 Å². The Labute approximate surface area is 155 Å². The van der Waals surface area contributed by atoms with Crippen molar-refractivity contribution in [3.05, 3.63) is 66.2 Å². The third-order valence-electron chi connectivity index (χ3n) is 4.26. The largest absolute Gasteiger partial charge is 0.478 e. The van der Waals surface area contributed by atoms with E-state index < -0.39 is 17.0 Å². The summed E-state index contributed by atoms with van der Waals surface area (Å²) in [5.74, 6) is -0.981. The van der Waals surface area contributed by atoms with Gasteiger partial charge in [-0.15, -0.1) is 0 Å². The van der Waals surface area contributed by atoms with Gasteiger partial charge >= 0.3 is 5.97 Å². The van der Waals surface area contributed by atoms with Gasteiger partial charge in [0, 0.05) is 43.3 Å². The zero-order valence-corrected chi connectivity index (χ0v) is 15.7. The van der Waals surface area contributed by atoms with Crippen LogP contribution in [0.3, 0.4) is 0 Å². The number of carboxylic acid groups (broad SMARTS) is 1. The average Bonchev–Trinajstić information content (AvgIpc) is 2.65. The van der Waals surface area contributed by atoms with E-state index in [0.717, 1.165) is 21.4 Å². The monoisotopic (exact) mass is 368 g/mol. The first kappa shape index (κ1) is 17.9. The predicted octanol–water partition coefficient (Wildman–Crippen LogP) is 3.76. The lowest BCUT2D eigenvalue weighted by Crippen LogP contribution is -2.20. The SMILES string of the molecule is CN(C)c1cccc2c(S(=O)N(C)c3ccc(C(=O)O)cc3)cccc12. The van der Waals surface area contributed by atoms with Crippen LogP contribution in [0.2, 0.25) is 0 Å². The molecular weight excluding hydrogens is 348 g/mol. The Kier molecular flexibility index (Phi) is 4.95. The van der Waals surface area contributed by atoms with Gasteiger partial charge < -0.3 is 10.0 Å². The summed E-state index contributed by atoms with van der Waals surface area (Å²) < 4.78 is 14.8. The van der Waals surface area contributed by atoms with Crippen molar-refractivity contribution < 1.29 is 14.1 Å². The Bertz CT molecular complexity index is 984. The smallest absolute Gasteiger partial charge is 0.335 e. The number of anilines is 2. The fraction of sp³-hybridized carbons (Fsp3) is 0.150. The van der Waals surface area contributed by atoms with Crippen LogP contribution in [-0.4, -0.2) is 36.4 Å². The van der Waals surface area contributed by atoms with Gasteiger partial charge in [0.15, 0.2) is 11.0 Å². The highest BCUT2D eigenvalue weighted by molar-refractivity contribution is 7.86. The van der Waals surface area contributed by atoms with Gasteiger partial charge in [0.05, 0.1) is 10.5 Å². The Morgan fingerprint density at radius 2 is 1.50 bits per heavy atom. The molecule has 0 saturated heterocycles. The number of nitrogens with zero attached hydrogens (tertiary/aromatic N) is 2. The number of rotatable bonds is 5. The molecule has 0 aliphatic carbocycles. The van der Waals surface area contributed by atoms with Gasteiger partial charge in [-0.05, 0) is 36.4 Å². The lowest BCUT2D eigenvalue weighted by atomic mass is 10.1. The Hall–Kier alpha value is -2.86. The second-order valence-electron chi connectivity index (χ2n) is 6.12. The number of carbonyl (C=O) groups is 1. The standard InChI is InChI=1S/C20H20N2O3S/c1-21(2)18-8-4-7-17-16(18)6-5-9-19(17)26(25)22(3)15-12-10-14(11-13-15)20(23)24/h4-13H,1-3H3,(H,23,24). The van der Waals surface area contributed by atoms with Crippen LogP contribution in [0.5, 0.6) is 0 Å². The molecule has 1 unspecified atom stereocenters. The fourth-order valence-corrected chi connectivity index (χ4v) is 4.03. The summed E-state index contributed by atoms with van der Waals surface area (Å²) >= 11 is 0. The molecule has 0 heterocycles. The number of fused-ring (bicyclic) bond motifs is 1. The minimum absolute atomic E-state index is 0.203. The Morgan fingerprint density at radius 1 is 0.885 bits per heavy atom. The molecule has 3 rings (SSSR count). The number of hydrogen-bond acceptors (Lipinski definition) is 3. The van der Waals surface area contributed by atoms with Gasteiger partial charge in [-0.1, -0.05) is 24.3 Å². The van der Waals surface area contributed by atoms with Gasteiger partial charge in [-0.25, -0.2) is 9.00 Å². The highest BCUT2D eigenvalue weighted by atomic mass is 32.2. The van der Waals surface area contributed by atoms with E-state index in [9.17, 15) is 9.00 Å². The van der Waals surface area contributed by atoms with E-state index in [1.807, 2.05) is 55.4 Å². The summed E-state index contributed by atoms with van der Waals surface area (Å²) in [6.07, 6.45) is 0. The van der Waals surface area contributed by atoms with Crippen molar-refractivity contribution >= 4 is 39.1 Å². The van der Waals surface area contributed by atoms with Gasteiger partial charge in [0.25, 0.3) is 0 Å². The molecule has 26 heavy (non-hydrogen) atoms. The van der Waals surface area contributed by atoms with Crippen LogP contribution >= 0.6 is 0 Å². The maximum atomic E-state index is 13.2. The second kappa shape index (κ2) is 7.17. The van der Waals surface area contributed by atoms with E-state index >= 15 is 0 Å². The van der Waals surface area contributed by atoms with E-state index in [2.05, 4.69) is 0 Å². The zero-order valence-electron chi connectivity index (χ0n) is 14.8.